The third-order valence-electron chi connectivity index (χ3n) is 3.99. The summed E-state index contributed by atoms with van der Waals surface area (Å²) in [6.45, 7) is 5.93. The maximum Gasteiger partial charge on any atom is 0.265 e. The lowest BCUT2D eigenvalue weighted by Gasteiger charge is -2.19. The fraction of sp³-hybridized carbons (Fsp3) is 0.300. The van der Waals surface area contributed by atoms with Crippen LogP contribution >= 0.6 is 0 Å². The van der Waals surface area contributed by atoms with Crippen molar-refractivity contribution in [1.29, 1.82) is 5.26 Å². The number of aryl methyl sites for hydroxylation is 1. The first kappa shape index (κ1) is 17.6. The standard InChI is InChI=1S/C20H22N2O2/c1-4-18(24-19-7-5-6-14(2)15(19)3)20(23)22-17-10-8-16(9-11-17)12-13-21/h5-11,18H,4,12H2,1-3H3,(H,22,23). The molecule has 0 aliphatic heterocycles. The normalized spacial score (nSPS) is 11.4. The van der Waals surface area contributed by atoms with Crippen LogP contribution in [0.5, 0.6) is 5.75 Å². The highest BCUT2D eigenvalue weighted by Gasteiger charge is 2.19. The van der Waals surface area contributed by atoms with Crippen molar-refractivity contribution in [3.05, 3.63) is 59.2 Å². The molecule has 1 atom stereocenters. The molecule has 0 saturated heterocycles. The van der Waals surface area contributed by atoms with Crippen molar-refractivity contribution in [2.45, 2.75) is 39.7 Å². The molecule has 24 heavy (non-hydrogen) atoms. The van der Waals surface area contributed by atoms with Crippen LogP contribution in [0, 0.1) is 25.2 Å². The molecule has 2 aromatic rings. The molecule has 0 fully saturated rings. The van der Waals surface area contributed by atoms with Crippen LogP contribution in [0.15, 0.2) is 42.5 Å². The number of hydrogen-bond acceptors (Lipinski definition) is 3. The molecule has 2 rings (SSSR count). The van der Waals surface area contributed by atoms with E-state index in [0.29, 0.717) is 18.5 Å². The smallest absolute Gasteiger partial charge is 0.265 e. The monoisotopic (exact) mass is 322 g/mol. The summed E-state index contributed by atoms with van der Waals surface area (Å²) in [5.41, 5.74) is 3.80. The molecule has 1 amide bonds. The molecule has 4 heteroatoms. The minimum atomic E-state index is -0.552. The summed E-state index contributed by atoms with van der Waals surface area (Å²) < 4.78 is 5.92. The van der Waals surface area contributed by atoms with Crippen LogP contribution in [-0.4, -0.2) is 12.0 Å². The zero-order valence-electron chi connectivity index (χ0n) is 14.3. The first-order chi connectivity index (χ1) is 11.5. The third-order valence-corrected chi connectivity index (χ3v) is 3.99. The molecule has 0 heterocycles. The molecule has 124 valence electrons. The highest BCUT2D eigenvalue weighted by Crippen LogP contribution is 2.23. The minimum Gasteiger partial charge on any atom is -0.480 e. The lowest BCUT2D eigenvalue weighted by molar-refractivity contribution is -0.122. The lowest BCUT2D eigenvalue weighted by Crippen LogP contribution is -2.32. The Hall–Kier alpha value is -2.80. The Balaban J connectivity index is 2.06. The van der Waals surface area contributed by atoms with Crippen LogP contribution in [0.3, 0.4) is 0 Å². The molecule has 0 radical (unpaired) electrons. The van der Waals surface area contributed by atoms with E-state index >= 15 is 0 Å². The van der Waals surface area contributed by atoms with E-state index in [-0.39, 0.29) is 5.91 Å². The maximum absolute atomic E-state index is 12.5. The van der Waals surface area contributed by atoms with Crippen LogP contribution in [0.25, 0.3) is 0 Å². The maximum atomic E-state index is 12.5. The highest BCUT2D eigenvalue weighted by molar-refractivity contribution is 5.94. The number of nitrogens with zero attached hydrogens (tertiary/aromatic N) is 1. The SMILES string of the molecule is CCC(Oc1cccc(C)c1C)C(=O)Nc1ccc(CC#N)cc1. The van der Waals surface area contributed by atoms with E-state index in [9.17, 15) is 4.79 Å². The topological polar surface area (TPSA) is 62.1 Å². The number of carbonyl (C=O) groups is 1. The van der Waals surface area contributed by atoms with Gasteiger partial charge in [0.05, 0.1) is 12.5 Å². The minimum absolute atomic E-state index is 0.175. The summed E-state index contributed by atoms with van der Waals surface area (Å²) in [6, 6.07) is 15.2. The van der Waals surface area contributed by atoms with Gasteiger partial charge in [-0.3, -0.25) is 4.79 Å². The van der Waals surface area contributed by atoms with Crippen LogP contribution in [0.2, 0.25) is 0 Å². The zero-order chi connectivity index (χ0) is 17.5. The highest BCUT2D eigenvalue weighted by atomic mass is 16.5. The summed E-state index contributed by atoms with van der Waals surface area (Å²) in [7, 11) is 0. The van der Waals surface area contributed by atoms with E-state index in [1.165, 1.54) is 0 Å². The number of nitriles is 1. The van der Waals surface area contributed by atoms with Gasteiger partial charge in [-0.05, 0) is 55.2 Å². The van der Waals surface area contributed by atoms with Gasteiger partial charge in [0.2, 0.25) is 0 Å². The molecule has 0 spiro atoms. The molecule has 4 nitrogen and oxygen atoms in total. The van der Waals surface area contributed by atoms with E-state index in [0.717, 1.165) is 22.4 Å². The van der Waals surface area contributed by atoms with Crippen molar-refractivity contribution in [3.8, 4) is 11.8 Å². The van der Waals surface area contributed by atoms with Crippen molar-refractivity contribution in [1.82, 2.24) is 0 Å². The van der Waals surface area contributed by atoms with E-state index in [2.05, 4.69) is 11.4 Å². The van der Waals surface area contributed by atoms with Gasteiger partial charge in [0, 0.05) is 5.69 Å². The fourth-order valence-corrected chi connectivity index (χ4v) is 2.35. The van der Waals surface area contributed by atoms with E-state index in [4.69, 9.17) is 10.00 Å². The molecule has 0 saturated carbocycles. The summed E-state index contributed by atoms with van der Waals surface area (Å²) in [5, 5.41) is 11.6. The summed E-state index contributed by atoms with van der Waals surface area (Å²) in [4.78, 5) is 12.5. The number of hydrogen-bond donors (Lipinski definition) is 1. The van der Waals surface area contributed by atoms with Gasteiger partial charge in [-0.15, -0.1) is 0 Å². The molecule has 1 unspecified atom stereocenters. The van der Waals surface area contributed by atoms with Crippen molar-refractivity contribution < 1.29 is 9.53 Å². The molecule has 0 bridgehead atoms. The van der Waals surface area contributed by atoms with Crippen LogP contribution < -0.4 is 10.1 Å². The van der Waals surface area contributed by atoms with E-state index < -0.39 is 6.10 Å². The van der Waals surface area contributed by atoms with Gasteiger partial charge in [0.1, 0.15) is 5.75 Å². The molecular formula is C20H22N2O2. The Morgan fingerprint density at radius 3 is 2.54 bits per heavy atom. The molecule has 2 aromatic carbocycles. The Bertz CT molecular complexity index is 745. The Morgan fingerprint density at radius 2 is 1.92 bits per heavy atom. The van der Waals surface area contributed by atoms with Gasteiger partial charge in [-0.2, -0.15) is 5.26 Å². The second-order valence-corrected chi connectivity index (χ2v) is 5.73. The Kier molecular flexibility index (Phi) is 5.97. The predicted octanol–water partition coefficient (Wildman–Crippen LogP) is 4.17. The lowest BCUT2D eigenvalue weighted by atomic mass is 10.1. The Morgan fingerprint density at radius 1 is 1.21 bits per heavy atom. The molecule has 0 aliphatic carbocycles. The number of rotatable bonds is 6. The predicted molar refractivity (Wildman–Crippen MR) is 95.0 cm³/mol. The van der Waals surface area contributed by atoms with Crippen molar-refractivity contribution in [3.63, 3.8) is 0 Å². The summed E-state index contributed by atoms with van der Waals surface area (Å²) in [6.07, 6.45) is 0.386. The van der Waals surface area contributed by atoms with Gasteiger partial charge >= 0.3 is 0 Å². The molecule has 0 aromatic heterocycles. The van der Waals surface area contributed by atoms with Crippen LogP contribution in [-0.2, 0) is 11.2 Å². The van der Waals surface area contributed by atoms with Gasteiger partial charge in [0.15, 0.2) is 6.10 Å². The van der Waals surface area contributed by atoms with Crippen LogP contribution in [0.4, 0.5) is 5.69 Å². The van der Waals surface area contributed by atoms with Crippen LogP contribution in [0.1, 0.15) is 30.0 Å². The van der Waals surface area contributed by atoms with Crippen molar-refractivity contribution >= 4 is 11.6 Å². The molecular weight excluding hydrogens is 300 g/mol. The molecule has 0 aliphatic rings. The average Bonchev–Trinajstić information content (AvgIpc) is 2.58. The second-order valence-electron chi connectivity index (χ2n) is 5.73. The number of carbonyl (C=O) groups excluding carboxylic acids is 1. The number of nitrogens with one attached hydrogen (secondary N) is 1. The number of ether oxygens (including phenoxy) is 1. The molecule has 1 N–H and O–H groups in total. The van der Waals surface area contributed by atoms with Gasteiger partial charge in [-0.1, -0.05) is 31.2 Å². The fourth-order valence-electron chi connectivity index (χ4n) is 2.35. The third kappa shape index (κ3) is 4.36. The summed E-state index contributed by atoms with van der Waals surface area (Å²) in [5.74, 6) is 0.563. The second kappa shape index (κ2) is 8.16. The van der Waals surface area contributed by atoms with E-state index in [1.807, 2.05) is 51.1 Å². The largest absolute Gasteiger partial charge is 0.480 e. The van der Waals surface area contributed by atoms with Crippen molar-refractivity contribution in [2.24, 2.45) is 0 Å². The van der Waals surface area contributed by atoms with Gasteiger partial charge in [-0.25, -0.2) is 0 Å². The number of amides is 1. The number of anilines is 1. The Labute approximate surface area is 143 Å². The first-order valence-corrected chi connectivity index (χ1v) is 8.04. The van der Waals surface area contributed by atoms with Gasteiger partial charge < -0.3 is 10.1 Å². The summed E-state index contributed by atoms with van der Waals surface area (Å²) >= 11 is 0. The average molecular weight is 322 g/mol. The quantitative estimate of drug-likeness (QED) is 0.868. The van der Waals surface area contributed by atoms with Crippen molar-refractivity contribution in [2.75, 3.05) is 5.32 Å². The van der Waals surface area contributed by atoms with Gasteiger partial charge in [0.25, 0.3) is 5.91 Å². The first-order valence-electron chi connectivity index (χ1n) is 8.04. The van der Waals surface area contributed by atoms with E-state index in [1.54, 1.807) is 12.1 Å². The number of benzene rings is 2. The zero-order valence-corrected chi connectivity index (χ0v) is 14.3.